The van der Waals surface area contributed by atoms with Crippen LogP contribution in [0.5, 0.6) is 11.5 Å². The molecule has 1 aliphatic rings. The maximum Gasteiger partial charge on any atom is 0.226 e. The van der Waals surface area contributed by atoms with Crippen LogP contribution in [0.4, 0.5) is 0 Å². The molecular formula is C14H11NO2. The average Bonchev–Trinajstić information content (AvgIpc) is 2.40. The molecular weight excluding hydrogens is 214 g/mol. The average molecular weight is 225 g/mol. The Morgan fingerprint density at radius 2 is 1.65 bits per heavy atom. The molecule has 1 N–H and O–H groups in total. The van der Waals surface area contributed by atoms with Crippen LogP contribution >= 0.6 is 0 Å². The van der Waals surface area contributed by atoms with Gasteiger partial charge < -0.3 is 9.57 Å². The predicted octanol–water partition coefficient (Wildman–Crippen LogP) is 2.96. The molecule has 0 radical (unpaired) electrons. The fraction of sp³-hybridized carbons (Fsp3) is 0. The first-order valence-electron chi connectivity index (χ1n) is 5.38. The van der Waals surface area contributed by atoms with E-state index < -0.39 is 0 Å². The molecule has 0 saturated carbocycles. The van der Waals surface area contributed by atoms with Gasteiger partial charge in [-0.3, -0.25) is 0 Å². The van der Waals surface area contributed by atoms with Crippen LogP contribution in [0.15, 0.2) is 60.5 Å². The van der Waals surface area contributed by atoms with Crippen molar-refractivity contribution in [3.63, 3.8) is 0 Å². The van der Waals surface area contributed by atoms with Gasteiger partial charge in [0, 0.05) is 11.6 Å². The highest BCUT2D eigenvalue weighted by atomic mass is 16.7. The van der Waals surface area contributed by atoms with Crippen LogP contribution in [0.25, 0.3) is 6.08 Å². The number of fused-ring (bicyclic) bond motifs is 1. The summed E-state index contributed by atoms with van der Waals surface area (Å²) in [5.41, 5.74) is 3.76. The van der Waals surface area contributed by atoms with Crippen LogP contribution in [-0.2, 0) is 0 Å². The second-order valence-electron chi connectivity index (χ2n) is 3.67. The summed E-state index contributed by atoms with van der Waals surface area (Å²) in [5, 5.41) is 0. The molecule has 0 unspecified atom stereocenters. The molecule has 3 heteroatoms. The van der Waals surface area contributed by atoms with Crippen molar-refractivity contribution in [3.05, 3.63) is 66.0 Å². The Kier molecular flexibility index (Phi) is 2.43. The number of hydrogen-bond donors (Lipinski definition) is 1. The van der Waals surface area contributed by atoms with Gasteiger partial charge in [0.2, 0.25) is 5.88 Å². The fourth-order valence-corrected chi connectivity index (χ4v) is 1.63. The normalized spacial score (nSPS) is 12.8. The van der Waals surface area contributed by atoms with Crippen LogP contribution in [0.3, 0.4) is 0 Å². The van der Waals surface area contributed by atoms with Crippen LogP contribution in [0.1, 0.15) is 5.56 Å². The van der Waals surface area contributed by atoms with Crippen LogP contribution in [-0.4, -0.2) is 0 Å². The summed E-state index contributed by atoms with van der Waals surface area (Å²) in [6, 6.07) is 17.3. The van der Waals surface area contributed by atoms with Crippen LogP contribution in [0, 0.1) is 0 Å². The minimum absolute atomic E-state index is 0.579. The molecule has 1 heterocycles. The van der Waals surface area contributed by atoms with Gasteiger partial charge in [0.15, 0.2) is 5.75 Å². The Bertz CT molecular complexity index is 549. The SMILES string of the molecule is C1=C(Oc2ccccc2)NOc2ccccc21. The maximum atomic E-state index is 5.64. The van der Waals surface area contributed by atoms with E-state index in [-0.39, 0.29) is 0 Å². The number of nitrogens with one attached hydrogen (secondary N) is 1. The molecule has 0 amide bonds. The second kappa shape index (κ2) is 4.22. The zero-order chi connectivity index (χ0) is 11.5. The molecule has 1 aliphatic heterocycles. The molecule has 84 valence electrons. The quantitative estimate of drug-likeness (QED) is 0.852. The molecule has 0 atom stereocenters. The van der Waals surface area contributed by atoms with Crippen LogP contribution < -0.4 is 15.1 Å². The molecule has 0 fully saturated rings. The van der Waals surface area contributed by atoms with E-state index in [0.717, 1.165) is 17.1 Å². The lowest BCUT2D eigenvalue weighted by atomic mass is 10.2. The summed E-state index contributed by atoms with van der Waals surface area (Å²) >= 11 is 0. The van der Waals surface area contributed by atoms with Gasteiger partial charge in [-0.15, -0.1) is 0 Å². The molecule has 3 nitrogen and oxygen atoms in total. The first-order chi connectivity index (χ1) is 8.42. The minimum Gasteiger partial charge on any atom is -0.438 e. The van der Waals surface area contributed by atoms with E-state index in [9.17, 15) is 0 Å². The van der Waals surface area contributed by atoms with Gasteiger partial charge in [-0.05, 0) is 18.2 Å². The van der Waals surface area contributed by atoms with E-state index in [1.165, 1.54) is 0 Å². The molecule has 3 rings (SSSR count). The summed E-state index contributed by atoms with van der Waals surface area (Å²) in [6.07, 6.45) is 1.91. The lowest BCUT2D eigenvalue weighted by Crippen LogP contribution is -2.24. The summed E-state index contributed by atoms with van der Waals surface area (Å²) < 4.78 is 5.64. The third kappa shape index (κ3) is 2.08. The number of benzene rings is 2. The van der Waals surface area contributed by atoms with Crippen molar-refractivity contribution in [2.45, 2.75) is 0 Å². The predicted molar refractivity (Wildman–Crippen MR) is 65.3 cm³/mol. The summed E-state index contributed by atoms with van der Waals surface area (Å²) in [4.78, 5) is 5.36. The third-order valence-electron chi connectivity index (χ3n) is 2.44. The van der Waals surface area contributed by atoms with Crippen molar-refractivity contribution in [2.24, 2.45) is 0 Å². The lowest BCUT2D eigenvalue weighted by Gasteiger charge is -2.18. The Hall–Kier alpha value is -2.42. The lowest BCUT2D eigenvalue weighted by molar-refractivity contribution is 0.169. The van der Waals surface area contributed by atoms with Crippen molar-refractivity contribution in [1.29, 1.82) is 0 Å². The first-order valence-corrected chi connectivity index (χ1v) is 5.38. The highest BCUT2D eigenvalue weighted by molar-refractivity contribution is 5.60. The maximum absolute atomic E-state index is 5.64. The number of rotatable bonds is 2. The highest BCUT2D eigenvalue weighted by Crippen LogP contribution is 2.24. The minimum atomic E-state index is 0.579. The van der Waals surface area contributed by atoms with Gasteiger partial charge in [0.1, 0.15) is 5.75 Å². The van der Waals surface area contributed by atoms with Gasteiger partial charge in [0.05, 0.1) is 0 Å². The molecule has 0 bridgehead atoms. The standard InChI is InChI=1S/C14H11NO2/c1-2-7-12(8-3-1)16-14-10-11-6-4-5-9-13(11)17-15-14/h1-10,15H. The van der Waals surface area contributed by atoms with E-state index in [0.29, 0.717) is 5.88 Å². The Morgan fingerprint density at radius 3 is 2.53 bits per heavy atom. The van der Waals surface area contributed by atoms with E-state index in [2.05, 4.69) is 5.48 Å². The van der Waals surface area contributed by atoms with Gasteiger partial charge in [0.25, 0.3) is 0 Å². The summed E-state index contributed by atoms with van der Waals surface area (Å²) in [5.74, 6) is 2.15. The molecule has 0 spiro atoms. The van der Waals surface area contributed by atoms with E-state index in [1.54, 1.807) is 0 Å². The number of hydrogen-bond acceptors (Lipinski definition) is 3. The smallest absolute Gasteiger partial charge is 0.226 e. The largest absolute Gasteiger partial charge is 0.438 e. The topological polar surface area (TPSA) is 30.5 Å². The molecule has 2 aromatic rings. The second-order valence-corrected chi connectivity index (χ2v) is 3.67. The number of hydroxylamine groups is 1. The molecule has 0 saturated heterocycles. The zero-order valence-corrected chi connectivity index (χ0v) is 9.09. The van der Waals surface area contributed by atoms with Gasteiger partial charge in [-0.1, -0.05) is 36.4 Å². The molecule has 2 aromatic carbocycles. The third-order valence-corrected chi connectivity index (χ3v) is 2.44. The monoisotopic (exact) mass is 225 g/mol. The Balaban J connectivity index is 1.85. The van der Waals surface area contributed by atoms with E-state index in [1.807, 2.05) is 60.7 Å². The Morgan fingerprint density at radius 1 is 0.882 bits per heavy atom. The molecule has 0 aliphatic carbocycles. The van der Waals surface area contributed by atoms with Crippen molar-refractivity contribution in [2.75, 3.05) is 0 Å². The van der Waals surface area contributed by atoms with Crippen molar-refractivity contribution < 1.29 is 9.57 Å². The van der Waals surface area contributed by atoms with E-state index in [4.69, 9.17) is 9.57 Å². The molecule has 0 aromatic heterocycles. The summed E-state index contributed by atoms with van der Waals surface area (Å²) in [7, 11) is 0. The highest BCUT2D eigenvalue weighted by Gasteiger charge is 2.11. The fourth-order valence-electron chi connectivity index (χ4n) is 1.63. The van der Waals surface area contributed by atoms with E-state index >= 15 is 0 Å². The van der Waals surface area contributed by atoms with Gasteiger partial charge in [-0.25, -0.2) is 0 Å². The molecule has 17 heavy (non-hydrogen) atoms. The van der Waals surface area contributed by atoms with Gasteiger partial charge in [-0.2, -0.15) is 5.48 Å². The zero-order valence-electron chi connectivity index (χ0n) is 9.09. The Labute approximate surface area is 99.3 Å². The van der Waals surface area contributed by atoms with Crippen molar-refractivity contribution >= 4 is 6.08 Å². The van der Waals surface area contributed by atoms with Gasteiger partial charge >= 0.3 is 0 Å². The summed E-state index contributed by atoms with van der Waals surface area (Å²) in [6.45, 7) is 0. The number of para-hydroxylation sites is 2. The first kappa shape index (κ1) is 9.78. The van der Waals surface area contributed by atoms with Crippen LogP contribution in [0.2, 0.25) is 0 Å². The van der Waals surface area contributed by atoms with Crippen molar-refractivity contribution in [3.8, 4) is 11.5 Å². The van der Waals surface area contributed by atoms with Crippen molar-refractivity contribution in [1.82, 2.24) is 5.48 Å². The number of ether oxygens (including phenoxy) is 1.